The third kappa shape index (κ3) is 4.02. The van der Waals surface area contributed by atoms with E-state index < -0.39 is 5.82 Å². The summed E-state index contributed by atoms with van der Waals surface area (Å²) in [4.78, 5) is 47.5. The lowest BCUT2D eigenvalue weighted by atomic mass is 9.95. The van der Waals surface area contributed by atoms with Gasteiger partial charge in [-0.25, -0.2) is 14.4 Å². The number of hydrogen-bond acceptors (Lipinski definition) is 7. The lowest BCUT2D eigenvalue weighted by molar-refractivity contribution is -0.182. The number of rotatable bonds is 4. The van der Waals surface area contributed by atoms with Crippen LogP contribution < -0.4 is 9.80 Å². The molecule has 3 fully saturated rings. The van der Waals surface area contributed by atoms with Gasteiger partial charge < -0.3 is 4.90 Å². The Morgan fingerprint density at radius 1 is 1.16 bits per heavy atom. The summed E-state index contributed by atoms with van der Waals surface area (Å²) < 4.78 is 13.6. The monoisotopic (exact) mass is 440 g/mol. The van der Waals surface area contributed by atoms with E-state index in [0.29, 0.717) is 69.3 Å². The van der Waals surface area contributed by atoms with Gasteiger partial charge in [0.25, 0.3) is 0 Å². The third-order valence-electron chi connectivity index (χ3n) is 6.34. The molecule has 0 spiro atoms. The van der Waals surface area contributed by atoms with Crippen molar-refractivity contribution in [1.29, 1.82) is 0 Å². The number of amides is 2. The molecule has 0 radical (unpaired) electrons. The highest BCUT2D eigenvalue weighted by Gasteiger charge is 2.37. The lowest BCUT2D eigenvalue weighted by Gasteiger charge is -2.34. The first-order chi connectivity index (χ1) is 15.6. The van der Waals surface area contributed by atoms with E-state index in [1.807, 2.05) is 4.90 Å². The van der Waals surface area contributed by atoms with Crippen molar-refractivity contribution in [3.05, 3.63) is 42.1 Å². The number of nitrogens with zero attached hydrogens (tertiary/aromatic N) is 6. The maximum Gasteiger partial charge on any atom is 0.249 e. The molecule has 32 heavy (non-hydrogen) atoms. The largest absolute Gasteiger partial charge is 0.341 e. The van der Waals surface area contributed by atoms with E-state index in [2.05, 4.69) is 15.0 Å². The van der Waals surface area contributed by atoms with E-state index in [-0.39, 0.29) is 23.8 Å². The normalized spacial score (nSPS) is 22.1. The van der Waals surface area contributed by atoms with Crippen molar-refractivity contribution >= 4 is 23.6 Å². The zero-order valence-electron chi connectivity index (χ0n) is 17.7. The molecule has 10 heteroatoms. The van der Waals surface area contributed by atoms with Gasteiger partial charge in [-0.2, -0.15) is 4.98 Å². The highest BCUT2D eigenvalue weighted by atomic mass is 19.1. The van der Waals surface area contributed by atoms with Gasteiger partial charge in [0.2, 0.25) is 17.8 Å². The molecule has 3 aliphatic rings. The van der Waals surface area contributed by atoms with Gasteiger partial charge in [-0.15, -0.1) is 0 Å². The maximum atomic E-state index is 13.6. The molecular weight excluding hydrogens is 415 g/mol. The van der Waals surface area contributed by atoms with Crippen molar-refractivity contribution in [2.75, 3.05) is 36.0 Å². The van der Waals surface area contributed by atoms with Gasteiger partial charge in [-0.3, -0.25) is 24.3 Å². The summed E-state index contributed by atoms with van der Waals surface area (Å²) in [5, 5.41) is 1.41. The summed E-state index contributed by atoms with van der Waals surface area (Å²) in [6.45, 7) is 2.37. The summed E-state index contributed by atoms with van der Waals surface area (Å²) in [7, 11) is 0. The molecule has 0 unspecified atom stereocenters. The first-order valence-corrected chi connectivity index (χ1v) is 11.0. The van der Waals surface area contributed by atoms with E-state index in [4.69, 9.17) is 4.84 Å². The second kappa shape index (κ2) is 8.78. The molecule has 5 rings (SSSR count). The number of hydroxylamine groups is 2. The molecule has 0 N–H and O–H groups in total. The van der Waals surface area contributed by atoms with Crippen molar-refractivity contribution in [2.24, 2.45) is 5.92 Å². The maximum absolute atomic E-state index is 13.6. The summed E-state index contributed by atoms with van der Waals surface area (Å²) in [6, 6.07) is 2.85. The zero-order chi connectivity index (χ0) is 22.1. The van der Waals surface area contributed by atoms with E-state index in [0.717, 1.165) is 12.6 Å². The Kier molecular flexibility index (Phi) is 5.69. The van der Waals surface area contributed by atoms with Crippen LogP contribution in [0, 0.1) is 11.7 Å². The minimum absolute atomic E-state index is 0.0752. The van der Waals surface area contributed by atoms with E-state index >= 15 is 0 Å². The highest BCUT2D eigenvalue weighted by Crippen LogP contribution is 2.34. The standard InChI is InChI=1S/C22H25FN6O3/c23-17-12-16(13-24-14-17)18-6-11-32-29(18)21(31)15-4-9-27(10-5-15)22-25-7-3-19(26-22)28-8-1-2-20(28)30/h3,7,12-15,18H,1-2,4-6,8-11H2/t18-/m0/s1. The molecular formula is C22H25FN6O3. The summed E-state index contributed by atoms with van der Waals surface area (Å²) in [6.07, 6.45) is 7.71. The fourth-order valence-electron chi connectivity index (χ4n) is 4.64. The number of pyridine rings is 1. The van der Waals surface area contributed by atoms with Gasteiger partial charge in [0.1, 0.15) is 11.6 Å². The van der Waals surface area contributed by atoms with Crippen LogP contribution in [0.3, 0.4) is 0 Å². The topological polar surface area (TPSA) is 91.8 Å². The number of anilines is 2. The smallest absolute Gasteiger partial charge is 0.249 e. The number of hydrogen-bond donors (Lipinski definition) is 0. The van der Waals surface area contributed by atoms with Gasteiger partial charge in [-0.05, 0) is 37.0 Å². The molecule has 5 heterocycles. The Hall–Kier alpha value is -3.14. The summed E-state index contributed by atoms with van der Waals surface area (Å²) >= 11 is 0. The van der Waals surface area contributed by atoms with Gasteiger partial charge in [0.05, 0.1) is 18.8 Å². The second-order valence-electron chi connectivity index (χ2n) is 8.36. The van der Waals surface area contributed by atoms with E-state index in [1.165, 1.54) is 11.1 Å². The molecule has 0 aromatic carbocycles. The molecule has 3 aliphatic heterocycles. The molecule has 2 aromatic rings. The van der Waals surface area contributed by atoms with Crippen LogP contribution in [0.2, 0.25) is 0 Å². The van der Waals surface area contributed by atoms with Crippen LogP contribution in [0.4, 0.5) is 16.2 Å². The van der Waals surface area contributed by atoms with Crippen LogP contribution in [-0.4, -0.2) is 58.1 Å². The van der Waals surface area contributed by atoms with Crippen LogP contribution in [0.1, 0.15) is 43.7 Å². The Balaban J connectivity index is 1.23. The molecule has 0 bridgehead atoms. The van der Waals surface area contributed by atoms with Crippen molar-refractivity contribution in [2.45, 2.75) is 38.1 Å². The molecule has 168 valence electrons. The second-order valence-corrected chi connectivity index (χ2v) is 8.36. The number of aromatic nitrogens is 3. The van der Waals surface area contributed by atoms with Crippen LogP contribution in [0.25, 0.3) is 0 Å². The Morgan fingerprint density at radius 3 is 2.75 bits per heavy atom. The number of carbonyl (C=O) groups is 2. The van der Waals surface area contributed by atoms with Crippen molar-refractivity contribution in [1.82, 2.24) is 20.0 Å². The van der Waals surface area contributed by atoms with Crippen LogP contribution >= 0.6 is 0 Å². The summed E-state index contributed by atoms with van der Waals surface area (Å²) in [5.41, 5.74) is 0.648. The first-order valence-electron chi connectivity index (χ1n) is 11.0. The lowest BCUT2D eigenvalue weighted by Crippen LogP contribution is -2.42. The zero-order valence-corrected chi connectivity index (χ0v) is 17.7. The van der Waals surface area contributed by atoms with Gasteiger partial charge in [0.15, 0.2) is 0 Å². The van der Waals surface area contributed by atoms with E-state index in [9.17, 15) is 14.0 Å². The fourth-order valence-corrected chi connectivity index (χ4v) is 4.64. The average Bonchev–Trinajstić information content (AvgIpc) is 3.48. The highest BCUT2D eigenvalue weighted by molar-refractivity contribution is 5.94. The third-order valence-corrected chi connectivity index (χ3v) is 6.34. The van der Waals surface area contributed by atoms with Crippen LogP contribution in [0.5, 0.6) is 0 Å². The SMILES string of the molecule is O=C1CCCN1c1ccnc(N2CCC(C(=O)N3OCC[C@H]3c3cncc(F)c3)CC2)n1. The Bertz CT molecular complexity index is 1010. The Morgan fingerprint density at radius 2 is 2.00 bits per heavy atom. The average molecular weight is 440 g/mol. The fraction of sp³-hybridized carbons (Fsp3) is 0.500. The minimum atomic E-state index is -0.423. The summed E-state index contributed by atoms with van der Waals surface area (Å²) in [5.74, 6) is 0.619. The van der Waals surface area contributed by atoms with Crippen molar-refractivity contribution in [3.8, 4) is 0 Å². The molecule has 2 amide bonds. The molecule has 1 atom stereocenters. The number of piperidine rings is 1. The van der Waals surface area contributed by atoms with Crippen LogP contribution in [-0.2, 0) is 14.4 Å². The van der Waals surface area contributed by atoms with Gasteiger partial charge in [0, 0.05) is 50.8 Å². The molecule has 9 nitrogen and oxygen atoms in total. The quantitative estimate of drug-likeness (QED) is 0.720. The molecule has 3 saturated heterocycles. The van der Waals surface area contributed by atoms with Gasteiger partial charge >= 0.3 is 0 Å². The molecule has 2 aromatic heterocycles. The van der Waals surface area contributed by atoms with Crippen molar-refractivity contribution in [3.63, 3.8) is 0 Å². The minimum Gasteiger partial charge on any atom is -0.341 e. The number of carbonyl (C=O) groups excluding carboxylic acids is 2. The molecule has 0 aliphatic carbocycles. The molecule has 0 saturated carbocycles. The predicted molar refractivity (Wildman–Crippen MR) is 113 cm³/mol. The van der Waals surface area contributed by atoms with Crippen molar-refractivity contribution < 1.29 is 18.8 Å². The Labute approximate surface area is 185 Å². The predicted octanol–water partition coefficient (Wildman–Crippen LogP) is 2.26. The van der Waals surface area contributed by atoms with Gasteiger partial charge in [-0.1, -0.05) is 0 Å². The van der Waals surface area contributed by atoms with Crippen LogP contribution in [0.15, 0.2) is 30.7 Å². The number of halogens is 1. The van der Waals surface area contributed by atoms with E-state index in [1.54, 1.807) is 23.4 Å². The first kappa shape index (κ1) is 20.7.